The number of aliphatic hydroxyl groups excluding tert-OH is 1. The molecule has 6 nitrogen and oxygen atoms in total. The molecule has 2 aromatic heterocycles. The minimum atomic E-state index is 0.115. The molecule has 0 radical (unpaired) electrons. The Balaban J connectivity index is 2.12. The minimum Gasteiger partial charge on any atom is -0.396 e. The predicted molar refractivity (Wildman–Crippen MR) is 58.5 cm³/mol. The molecule has 6 heteroatoms. The zero-order valence-corrected chi connectivity index (χ0v) is 8.48. The number of imidazole rings is 1. The van der Waals surface area contributed by atoms with E-state index in [1.165, 1.54) is 6.33 Å². The summed E-state index contributed by atoms with van der Waals surface area (Å²) in [4.78, 5) is 12.2. The molecule has 0 saturated carbocycles. The molecule has 0 spiro atoms. The van der Waals surface area contributed by atoms with Gasteiger partial charge in [0.05, 0.1) is 19.0 Å². The highest BCUT2D eigenvalue weighted by atomic mass is 16.3. The van der Waals surface area contributed by atoms with Gasteiger partial charge < -0.3 is 15.4 Å². The van der Waals surface area contributed by atoms with Crippen molar-refractivity contribution in [3.63, 3.8) is 0 Å². The number of hydrogen-bond acceptors (Lipinski definition) is 5. The fourth-order valence-corrected chi connectivity index (χ4v) is 1.92. The Hall–Kier alpha value is -1.95. The molecule has 0 fully saturated rings. The second kappa shape index (κ2) is 3.28. The van der Waals surface area contributed by atoms with E-state index in [1.807, 2.05) is 16.7 Å². The van der Waals surface area contributed by atoms with Crippen molar-refractivity contribution >= 4 is 17.0 Å². The Bertz CT molecular complexity index is 561. The third-order valence-corrected chi connectivity index (χ3v) is 2.91. The first-order valence-electron chi connectivity index (χ1n) is 5.03. The van der Waals surface area contributed by atoms with E-state index < -0.39 is 0 Å². The lowest BCUT2D eigenvalue weighted by molar-refractivity contribution is 0.212. The van der Waals surface area contributed by atoms with E-state index >= 15 is 0 Å². The van der Waals surface area contributed by atoms with Crippen molar-refractivity contribution in [3.8, 4) is 0 Å². The molecule has 0 aliphatic heterocycles. The number of aliphatic hydroxyl groups is 1. The van der Waals surface area contributed by atoms with Crippen molar-refractivity contribution in [2.45, 2.75) is 6.04 Å². The second-order valence-corrected chi connectivity index (χ2v) is 3.80. The molecule has 0 bridgehead atoms. The number of nitrogens with zero attached hydrogens (tertiary/aromatic N) is 4. The van der Waals surface area contributed by atoms with Crippen molar-refractivity contribution in [2.24, 2.45) is 5.92 Å². The average molecular weight is 217 g/mol. The first-order valence-corrected chi connectivity index (χ1v) is 5.03. The zero-order valence-electron chi connectivity index (χ0n) is 8.48. The molecule has 0 unspecified atom stereocenters. The zero-order chi connectivity index (χ0) is 11.1. The van der Waals surface area contributed by atoms with E-state index in [-0.39, 0.29) is 18.6 Å². The molecule has 3 rings (SSSR count). The number of aromatic nitrogens is 4. The van der Waals surface area contributed by atoms with Crippen molar-refractivity contribution in [1.82, 2.24) is 19.5 Å². The number of hydrogen-bond donors (Lipinski definition) is 2. The lowest BCUT2D eigenvalue weighted by Gasteiger charge is -2.28. The van der Waals surface area contributed by atoms with E-state index in [1.54, 1.807) is 6.33 Å². The summed E-state index contributed by atoms with van der Waals surface area (Å²) in [5.74, 6) is 0.515. The molecule has 2 aromatic rings. The van der Waals surface area contributed by atoms with Crippen molar-refractivity contribution in [2.75, 3.05) is 12.3 Å². The van der Waals surface area contributed by atoms with E-state index in [9.17, 15) is 0 Å². The van der Waals surface area contributed by atoms with Gasteiger partial charge in [0.1, 0.15) is 11.8 Å². The summed E-state index contributed by atoms with van der Waals surface area (Å²) in [5.41, 5.74) is 7.02. The van der Waals surface area contributed by atoms with Crippen molar-refractivity contribution < 1.29 is 5.11 Å². The first-order chi connectivity index (χ1) is 7.81. The molecule has 0 saturated heterocycles. The van der Waals surface area contributed by atoms with Crippen LogP contribution in [0.2, 0.25) is 0 Å². The summed E-state index contributed by atoms with van der Waals surface area (Å²) in [6.07, 6.45) is 7.10. The largest absolute Gasteiger partial charge is 0.396 e. The topological polar surface area (TPSA) is 89.9 Å². The molecule has 3 N–H and O–H groups in total. The van der Waals surface area contributed by atoms with Gasteiger partial charge in [-0.15, -0.1) is 0 Å². The quantitative estimate of drug-likeness (QED) is 0.698. The number of anilines is 1. The van der Waals surface area contributed by atoms with Gasteiger partial charge >= 0.3 is 0 Å². The van der Waals surface area contributed by atoms with Crippen LogP contribution in [0.5, 0.6) is 0 Å². The maximum Gasteiger partial charge on any atom is 0.165 e. The van der Waals surface area contributed by atoms with E-state index in [4.69, 9.17) is 10.8 Å². The Kier molecular flexibility index (Phi) is 1.90. The van der Waals surface area contributed by atoms with Crippen LogP contribution >= 0.6 is 0 Å². The van der Waals surface area contributed by atoms with Crippen LogP contribution in [0.1, 0.15) is 6.04 Å². The average Bonchev–Trinajstić information content (AvgIpc) is 2.63. The molecule has 2 atom stereocenters. The number of allylic oxidation sites excluding steroid dienone is 1. The molecule has 16 heavy (non-hydrogen) atoms. The Morgan fingerprint density at radius 3 is 2.88 bits per heavy atom. The van der Waals surface area contributed by atoms with Crippen LogP contribution in [0.4, 0.5) is 5.82 Å². The number of nitrogens with two attached hydrogens (primary N) is 1. The van der Waals surface area contributed by atoms with E-state index in [0.717, 1.165) is 0 Å². The van der Waals surface area contributed by atoms with Gasteiger partial charge in [-0.1, -0.05) is 12.2 Å². The van der Waals surface area contributed by atoms with Crippen LogP contribution in [-0.4, -0.2) is 31.2 Å². The smallest absolute Gasteiger partial charge is 0.165 e. The van der Waals surface area contributed by atoms with Crippen LogP contribution in [0.3, 0.4) is 0 Å². The summed E-state index contributed by atoms with van der Waals surface area (Å²) in [7, 11) is 0. The van der Waals surface area contributed by atoms with Gasteiger partial charge in [-0.25, -0.2) is 15.0 Å². The molecule has 1 aliphatic rings. The number of rotatable bonds is 2. The van der Waals surface area contributed by atoms with Crippen molar-refractivity contribution in [1.29, 1.82) is 0 Å². The molecular formula is C10H11N5O. The van der Waals surface area contributed by atoms with Gasteiger partial charge in [0.2, 0.25) is 0 Å². The Morgan fingerprint density at radius 2 is 2.19 bits per heavy atom. The normalized spacial score (nSPS) is 23.6. The summed E-state index contributed by atoms with van der Waals surface area (Å²) >= 11 is 0. The van der Waals surface area contributed by atoms with Gasteiger partial charge in [-0.2, -0.15) is 0 Å². The highest BCUT2D eigenvalue weighted by Gasteiger charge is 2.26. The maximum absolute atomic E-state index is 9.14. The molecule has 82 valence electrons. The lowest BCUT2D eigenvalue weighted by atomic mass is 9.89. The van der Waals surface area contributed by atoms with E-state index in [0.29, 0.717) is 17.0 Å². The van der Waals surface area contributed by atoms with Gasteiger partial charge in [0.15, 0.2) is 11.5 Å². The third-order valence-electron chi connectivity index (χ3n) is 2.91. The molecular weight excluding hydrogens is 206 g/mol. The van der Waals surface area contributed by atoms with Crippen LogP contribution in [0.25, 0.3) is 11.2 Å². The summed E-state index contributed by atoms with van der Waals surface area (Å²) in [5, 5.41) is 9.14. The summed E-state index contributed by atoms with van der Waals surface area (Å²) in [6, 6.07) is 0.115. The summed E-state index contributed by atoms with van der Waals surface area (Å²) in [6.45, 7) is 0.126. The SMILES string of the molecule is Nc1ncnc2c1ncn2[C@@H]1C=C[C@@H]1CO. The molecule has 1 aliphatic carbocycles. The van der Waals surface area contributed by atoms with Crippen LogP contribution < -0.4 is 5.73 Å². The highest BCUT2D eigenvalue weighted by molar-refractivity contribution is 5.81. The third kappa shape index (κ3) is 1.13. The standard InChI is InChI=1S/C10H11N5O/c11-9-8-10(13-4-12-9)15(5-14-8)7-2-1-6(7)3-16/h1-2,4-7,16H,3H2,(H2,11,12,13)/t6-,7-/m1/s1. The van der Waals surface area contributed by atoms with Crippen LogP contribution in [0.15, 0.2) is 24.8 Å². The monoisotopic (exact) mass is 217 g/mol. The highest BCUT2D eigenvalue weighted by Crippen LogP contribution is 2.32. The van der Waals surface area contributed by atoms with Gasteiger partial charge in [0.25, 0.3) is 0 Å². The Labute approximate surface area is 91.5 Å². The van der Waals surface area contributed by atoms with E-state index in [2.05, 4.69) is 15.0 Å². The van der Waals surface area contributed by atoms with Crippen LogP contribution in [-0.2, 0) is 0 Å². The second-order valence-electron chi connectivity index (χ2n) is 3.80. The minimum absolute atomic E-state index is 0.115. The van der Waals surface area contributed by atoms with Gasteiger partial charge in [-0.3, -0.25) is 0 Å². The van der Waals surface area contributed by atoms with Gasteiger partial charge in [0, 0.05) is 5.92 Å². The number of fused-ring (bicyclic) bond motifs is 1. The first kappa shape index (κ1) is 9.29. The molecule has 2 heterocycles. The maximum atomic E-state index is 9.14. The lowest BCUT2D eigenvalue weighted by Crippen LogP contribution is -2.25. The predicted octanol–water partition coefficient (Wildman–Crippen LogP) is 0.128. The van der Waals surface area contributed by atoms with Gasteiger partial charge in [-0.05, 0) is 0 Å². The fourth-order valence-electron chi connectivity index (χ4n) is 1.92. The molecule has 0 aromatic carbocycles. The summed E-state index contributed by atoms with van der Waals surface area (Å²) < 4.78 is 1.91. The number of nitrogen functional groups attached to an aromatic ring is 1. The van der Waals surface area contributed by atoms with Crippen molar-refractivity contribution in [3.05, 3.63) is 24.8 Å². The molecule has 0 amide bonds. The van der Waals surface area contributed by atoms with Crippen LogP contribution in [0, 0.1) is 5.92 Å². The fraction of sp³-hybridized carbons (Fsp3) is 0.300. The Morgan fingerprint density at radius 1 is 1.31 bits per heavy atom.